The summed E-state index contributed by atoms with van der Waals surface area (Å²) >= 11 is 1.45. The Bertz CT molecular complexity index is 498. The van der Waals surface area contributed by atoms with Crippen LogP contribution < -0.4 is 5.73 Å². The average molecular weight is 230 g/mol. The summed E-state index contributed by atoms with van der Waals surface area (Å²) in [5, 5.41) is 8.26. The van der Waals surface area contributed by atoms with Crippen LogP contribution in [-0.2, 0) is 0 Å². The first-order valence-electron chi connectivity index (χ1n) is 4.64. The van der Waals surface area contributed by atoms with Gasteiger partial charge in [0.1, 0.15) is 10.9 Å². The van der Waals surface area contributed by atoms with Crippen LogP contribution in [0.1, 0.15) is 5.56 Å². The van der Waals surface area contributed by atoms with E-state index in [0.717, 1.165) is 15.5 Å². The van der Waals surface area contributed by atoms with Crippen LogP contribution in [0.3, 0.4) is 0 Å². The summed E-state index contributed by atoms with van der Waals surface area (Å²) in [7, 11) is 0. The first-order valence-corrected chi connectivity index (χ1v) is 5.46. The minimum absolute atomic E-state index is 0.0620. The molecule has 2 aromatic rings. The molecule has 0 radical (unpaired) electrons. The summed E-state index contributed by atoms with van der Waals surface area (Å²) in [6, 6.07) is 7.50. The Labute approximate surface area is 97.4 Å². The molecule has 0 atom stereocenters. The first-order chi connectivity index (χ1) is 7.77. The van der Waals surface area contributed by atoms with E-state index in [-0.39, 0.29) is 5.84 Å². The third-order valence-corrected chi connectivity index (χ3v) is 2.93. The van der Waals surface area contributed by atoms with Gasteiger partial charge in [0.2, 0.25) is 0 Å². The normalized spacial score (nSPS) is 10.0. The molecule has 0 saturated carbocycles. The van der Waals surface area contributed by atoms with Crippen molar-refractivity contribution in [2.45, 2.75) is 9.92 Å². The van der Waals surface area contributed by atoms with E-state index in [0.29, 0.717) is 0 Å². The van der Waals surface area contributed by atoms with Gasteiger partial charge in [-0.25, -0.2) is 4.98 Å². The number of nitrogen functional groups attached to an aromatic ring is 1. The van der Waals surface area contributed by atoms with Crippen LogP contribution in [0.4, 0.5) is 0 Å². The third kappa shape index (κ3) is 2.38. The molecule has 0 fully saturated rings. The van der Waals surface area contributed by atoms with Crippen molar-refractivity contribution in [3.05, 3.63) is 48.4 Å². The van der Waals surface area contributed by atoms with Crippen LogP contribution in [0.2, 0.25) is 0 Å². The number of hydrogen-bond acceptors (Lipinski definition) is 4. The van der Waals surface area contributed by atoms with Crippen LogP contribution in [0, 0.1) is 5.41 Å². The lowest BCUT2D eigenvalue weighted by Gasteiger charge is -2.06. The Morgan fingerprint density at radius 1 is 1.25 bits per heavy atom. The molecule has 0 aliphatic heterocycles. The average Bonchev–Trinajstić information content (AvgIpc) is 2.31. The Kier molecular flexibility index (Phi) is 3.16. The maximum Gasteiger partial charge on any atom is 0.123 e. The second-order valence-electron chi connectivity index (χ2n) is 3.06. The maximum atomic E-state index is 7.47. The third-order valence-electron chi connectivity index (χ3n) is 1.93. The van der Waals surface area contributed by atoms with E-state index < -0.39 is 0 Å². The molecule has 1 heterocycles. The Morgan fingerprint density at radius 3 is 2.75 bits per heavy atom. The van der Waals surface area contributed by atoms with Crippen molar-refractivity contribution in [2.24, 2.45) is 5.73 Å². The highest BCUT2D eigenvalue weighted by molar-refractivity contribution is 7.99. The molecule has 80 valence electrons. The van der Waals surface area contributed by atoms with Crippen molar-refractivity contribution in [3.63, 3.8) is 0 Å². The van der Waals surface area contributed by atoms with E-state index in [1.165, 1.54) is 11.8 Å². The van der Waals surface area contributed by atoms with Crippen molar-refractivity contribution in [3.8, 4) is 0 Å². The number of aromatic nitrogens is 2. The molecule has 1 aromatic carbocycles. The van der Waals surface area contributed by atoms with Gasteiger partial charge in [-0.15, -0.1) is 0 Å². The van der Waals surface area contributed by atoms with Gasteiger partial charge in [0, 0.05) is 22.9 Å². The fourth-order valence-electron chi connectivity index (χ4n) is 1.23. The number of benzene rings is 1. The van der Waals surface area contributed by atoms with Gasteiger partial charge in [0.25, 0.3) is 0 Å². The number of hydrogen-bond donors (Lipinski definition) is 2. The topological polar surface area (TPSA) is 75.7 Å². The summed E-state index contributed by atoms with van der Waals surface area (Å²) in [6.07, 6.45) is 4.95. The first kappa shape index (κ1) is 10.6. The van der Waals surface area contributed by atoms with Gasteiger partial charge in [0.05, 0.1) is 6.20 Å². The maximum absolute atomic E-state index is 7.47. The van der Waals surface area contributed by atoms with E-state index in [1.807, 2.05) is 24.3 Å². The summed E-state index contributed by atoms with van der Waals surface area (Å²) in [6.45, 7) is 0. The molecule has 3 N–H and O–H groups in total. The van der Waals surface area contributed by atoms with Gasteiger partial charge in [-0.1, -0.05) is 30.0 Å². The molecular formula is C11H10N4S. The molecule has 0 aliphatic carbocycles. The Morgan fingerprint density at radius 2 is 2.06 bits per heavy atom. The highest BCUT2D eigenvalue weighted by atomic mass is 32.2. The van der Waals surface area contributed by atoms with Crippen LogP contribution >= 0.6 is 11.8 Å². The van der Waals surface area contributed by atoms with Crippen LogP contribution in [0.25, 0.3) is 0 Å². The monoisotopic (exact) mass is 230 g/mol. The van der Waals surface area contributed by atoms with Gasteiger partial charge in [-0.05, 0) is 6.07 Å². The zero-order valence-corrected chi connectivity index (χ0v) is 9.24. The fourth-order valence-corrected chi connectivity index (χ4v) is 2.12. The highest BCUT2D eigenvalue weighted by Gasteiger charge is 2.06. The zero-order valence-electron chi connectivity index (χ0n) is 8.42. The van der Waals surface area contributed by atoms with E-state index >= 15 is 0 Å². The SMILES string of the molecule is N=C(N)c1ccccc1Sc1cnccn1. The van der Waals surface area contributed by atoms with Crippen molar-refractivity contribution in [2.75, 3.05) is 0 Å². The Balaban J connectivity index is 2.31. The lowest BCUT2D eigenvalue weighted by Crippen LogP contribution is -2.11. The van der Waals surface area contributed by atoms with Gasteiger partial charge in [0.15, 0.2) is 0 Å². The lowest BCUT2D eigenvalue weighted by atomic mass is 10.2. The van der Waals surface area contributed by atoms with Crippen molar-refractivity contribution < 1.29 is 0 Å². The minimum atomic E-state index is 0.0620. The van der Waals surface area contributed by atoms with Crippen molar-refractivity contribution in [1.82, 2.24) is 9.97 Å². The number of nitrogens with zero attached hydrogens (tertiary/aromatic N) is 2. The second kappa shape index (κ2) is 4.76. The second-order valence-corrected chi connectivity index (χ2v) is 4.12. The quantitative estimate of drug-likeness (QED) is 0.624. The van der Waals surface area contributed by atoms with E-state index in [1.54, 1.807) is 18.6 Å². The summed E-state index contributed by atoms with van der Waals surface area (Å²) in [5.41, 5.74) is 6.22. The molecule has 0 unspecified atom stereocenters. The number of rotatable bonds is 3. The molecule has 2 rings (SSSR count). The molecular weight excluding hydrogens is 220 g/mol. The minimum Gasteiger partial charge on any atom is -0.384 e. The summed E-state index contributed by atoms with van der Waals surface area (Å²) < 4.78 is 0. The molecule has 5 heteroatoms. The number of nitrogens with two attached hydrogens (primary N) is 1. The van der Waals surface area contributed by atoms with Gasteiger partial charge in [-0.2, -0.15) is 0 Å². The predicted octanol–water partition coefficient (Wildman–Crippen LogP) is 1.91. The molecule has 0 saturated heterocycles. The van der Waals surface area contributed by atoms with Crippen LogP contribution in [0.5, 0.6) is 0 Å². The predicted molar refractivity (Wildman–Crippen MR) is 63.6 cm³/mol. The zero-order chi connectivity index (χ0) is 11.4. The lowest BCUT2D eigenvalue weighted by molar-refractivity contribution is 1.05. The molecule has 16 heavy (non-hydrogen) atoms. The molecule has 0 aliphatic rings. The van der Waals surface area contributed by atoms with E-state index in [9.17, 15) is 0 Å². The molecule has 4 nitrogen and oxygen atoms in total. The molecule has 0 amide bonds. The van der Waals surface area contributed by atoms with E-state index in [4.69, 9.17) is 11.1 Å². The largest absolute Gasteiger partial charge is 0.384 e. The van der Waals surface area contributed by atoms with E-state index in [2.05, 4.69) is 9.97 Å². The molecule has 1 aromatic heterocycles. The smallest absolute Gasteiger partial charge is 0.123 e. The molecule has 0 spiro atoms. The van der Waals surface area contributed by atoms with Crippen LogP contribution in [-0.4, -0.2) is 15.8 Å². The summed E-state index contributed by atoms with van der Waals surface area (Å²) in [4.78, 5) is 9.06. The Hall–Kier alpha value is -1.88. The number of nitrogens with one attached hydrogen (secondary N) is 1. The van der Waals surface area contributed by atoms with Crippen molar-refractivity contribution in [1.29, 1.82) is 5.41 Å². The van der Waals surface area contributed by atoms with Gasteiger partial charge < -0.3 is 5.73 Å². The summed E-state index contributed by atoms with van der Waals surface area (Å²) in [5.74, 6) is 0.0620. The fraction of sp³-hybridized carbons (Fsp3) is 0. The molecule has 0 bridgehead atoms. The van der Waals surface area contributed by atoms with Crippen molar-refractivity contribution >= 4 is 17.6 Å². The van der Waals surface area contributed by atoms with Crippen LogP contribution in [0.15, 0.2) is 52.8 Å². The number of amidine groups is 1. The van der Waals surface area contributed by atoms with Gasteiger partial charge in [-0.3, -0.25) is 10.4 Å². The standard InChI is InChI=1S/C11H10N4S/c12-11(13)8-3-1-2-4-9(8)16-10-7-14-5-6-15-10/h1-7H,(H3,12,13). The highest BCUT2D eigenvalue weighted by Crippen LogP contribution is 2.27. The van der Waals surface area contributed by atoms with Gasteiger partial charge >= 0.3 is 0 Å².